The fourth-order valence-corrected chi connectivity index (χ4v) is 3.79. The van der Waals surface area contributed by atoms with E-state index in [1.165, 1.54) is 0 Å². The molecule has 0 aromatic heterocycles. The second-order valence-corrected chi connectivity index (χ2v) is 6.53. The van der Waals surface area contributed by atoms with Gasteiger partial charge in [-0.1, -0.05) is 11.6 Å². The second-order valence-electron chi connectivity index (χ2n) is 4.19. The van der Waals surface area contributed by atoms with Crippen molar-refractivity contribution in [3.05, 3.63) is 29.3 Å². The van der Waals surface area contributed by atoms with Crippen molar-refractivity contribution in [2.45, 2.75) is 30.6 Å². The number of anilines is 1. The Morgan fingerprint density at radius 1 is 1.24 bits per heavy atom. The smallest absolute Gasteiger partial charge is 0.238 e. The molecule has 1 fully saturated rings. The lowest BCUT2D eigenvalue weighted by atomic mass is 10.3. The summed E-state index contributed by atoms with van der Waals surface area (Å²) in [4.78, 5) is 0. The molecule has 1 aliphatic carbocycles. The summed E-state index contributed by atoms with van der Waals surface area (Å²) in [7, 11) is -3.52. The lowest BCUT2D eigenvalue weighted by Crippen LogP contribution is -2.33. The van der Waals surface area contributed by atoms with Gasteiger partial charge in [-0.05, 0) is 43.5 Å². The van der Waals surface area contributed by atoms with Gasteiger partial charge in [0.1, 0.15) is 5.25 Å². The predicted octanol–water partition coefficient (Wildman–Crippen LogP) is 2.00. The van der Waals surface area contributed by atoms with E-state index in [0.29, 0.717) is 23.6 Å². The Labute approximate surface area is 106 Å². The Balaban J connectivity index is 2.14. The molecule has 1 aliphatic rings. The van der Waals surface area contributed by atoms with E-state index < -0.39 is 21.4 Å². The first-order chi connectivity index (χ1) is 7.99. The number of aliphatic hydroxyl groups is 1. The van der Waals surface area contributed by atoms with Gasteiger partial charge in [-0.25, -0.2) is 8.42 Å². The number of nitrogens with one attached hydrogen (secondary N) is 1. The van der Waals surface area contributed by atoms with Gasteiger partial charge in [0.15, 0.2) is 0 Å². The van der Waals surface area contributed by atoms with E-state index >= 15 is 0 Å². The molecule has 2 N–H and O–H groups in total. The summed E-state index contributed by atoms with van der Waals surface area (Å²) in [6, 6.07) is 6.43. The van der Waals surface area contributed by atoms with Crippen molar-refractivity contribution in [3.8, 4) is 0 Å². The Morgan fingerprint density at radius 2 is 1.88 bits per heavy atom. The third-order valence-corrected chi connectivity index (χ3v) is 5.04. The summed E-state index contributed by atoms with van der Waals surface area (Å²) in [6.45, 7) is 0. The molecule has 0 radical (unpaired) electrons. The average molecular weight is 276 g/mol. The molecule has 0 heterocycles. The lowest BCUT2D eigenvalue weighted by molar-refractivity contribution is 0.185. The van der Waals surface area contributed by atoms with E-state index in [4.69, 9.17) is 11.6 Å². The van der Waals surface area contributed by atoms with Gasteiger partial charge < -0.3 is 5.11 Å². The van der Waals surface area contributed by atoms with E-state index in [1.54, 1.807) is 24.3 Å². The number of sulfonamides is 1. The predicted molar refractivity (Wildman–Crippen MR) is 67.6 cm³/mol. The van der Waals surface area contributed by atoms with Crippen molar-refractivity contribution in [1.82, 2.24) is 0 Å². The largest absolute Gasteiger partial charge is 0.392 e. The van der Waals surface area contributed by atoms with E-state index in [9.17, 15) is 13.5 Å². The van der Waals surface area contributed by atoms with Crippen molar-refractivity contribution in [2.75, 3.05) is 4.72 Å². The van der Waals surface area contributed by atoms with Gasteiger partial charge in [-0.15, -0.1) is 0 Å². The van der Waals surface area contributed by atoms with Crippen molar-refractivity contribution < 1.29 is 13.5 Å². The van der Waals surface area contributed by atoms with Crippen LogP contribution in [0.4, 0.5) is 5.69 Å². The Kier molecular flexibility index (Phi) is 3.61. The summed E-state index contributed by atoms with van der Waals surface area (Å²) < 4.78 is 26.5. The monoisotopic (exact) mass is 275 g/mol. The van der Waals surface area contributed by atoms with Gasteiger partial charge >= 0.3 is 0 Å². The highest BCUT2D eigenvalue weighted by Crippen LogP contribution is 2.27. The fourth-order valence-electron chi connectivity index (χ4n) is 2.03. The molecule has 4 nitrogen and oxygen atoms in total. The highest BCUT2D eigenvalue weighted by molar-refractivity contribution is 7.93. The fraction of sp³-hybridized carbons (Fsp3) is 0.455. The van der Waals surface area contributed by atoms with Gasteiger partial charge in [0.05, 0.1) is 6.10 Å². The van der Waals surface area contributed by atoms with Crippen LogP contribution in [0.5, 0.6) is 0 Å². The number of aliphatic hydroxyl groups excluding tert-OH is 1. The summed E-state index contributed by atoms with van der Waals surface area (Å²) in [5, 5.41) is 9.45. The molecule has 1 saturated carbocycles. The number of halogens is 1. The van der Waals surface area contributed by atoms with Gasteiger partial charge in [0.2, 0.25) is 10.0 Å². The average Bonchev–Trinajstić information content (AvgIpc) is 2.68. The number of rotatable bonds is 3. The quantitative estimate of drug-likeness (QED) is 0.887. The highest BCUT2D eigenvalue weighted by atomic mass is 35.5. The molecule has 1 aromatic carbocycles. The number of benzene rings is 1. The topological polar surface area (TPSA) is 66.4 Å². The molecule has 2 atom stereocenters. The molecular weight excluding hydrogens is 262 g/mol. The molecule has 17 heavy (non-hydrogen) atoms. The highest BCUT2D eigenvalue weighted by Gasteiger charge is 2.36. The minimum absolute atomic E-state index is 0.466. The standard InChI is InChI=1S/C11H14ClNO3S/c12-8-4-6-9(7-5-8)13-17(15,16)11-3-1-2-10(11)14/h4-7,10-11,13-14H,1-3H2/t10-,11+/m0/s1. The third-order valence-electron chi connectivity index (χ3n) is 2.92. The maximum atomic E-state index is 12.0. The van der Waals surface area contributed by atoms with Crippen molar-refractivity contribution in [3.63, 3.8) is 0 Å². The van der Waals surface area contributed by atoms with E-state index in [2.05, 4.69) is 4.72 Å². The first-order valence-electron chi connectivity index (χ1n) is 5.44. The molecule has 0 saturated heterocycles. The number of hydrogen-bond acceptors (Lipinski definition) is 3. The molecular formula is C11H14ClNO3S. The maximum Gasteiger partial charge on any atom is 0.238 e. The Morgan fingerprint density at radius 3 is 2.41 bits per heavy atom. The zero-order valence-corrected chi connectivity index (χ0v) is 10.7. The van der Waals surface area contributed by atoms with E-state index in [0.717, 1.165) is 6.42 Å². The van der Waals surface area contributed by atoms with Gasteiger partial charge in [0.25, 0.3) is 0 Å². The van der Waals surface area contributed by atoms with Crippen LogP contribution in [0.1, 0.15) is 19.3 Å². The van der Waals surface area contributed by atoms with E-state index in [1.807, 2.05) is 0 Å². The van der Waals surface area contributed by atoms with Crippen LogP contribution in [0.3, 0.4) is 0 Å². The van der Waals surface area contributed by atoms with Crippen LogP contribution in [0.25, 0.3) is 0 Å². The third kappa shape index (κ3) is 2.91. The van der Waals surface area contributed by atoms with Crippen LogP contribution in [0, 0.1) is 0 Å². The zero-order chi connectivity index (χ0) is 12.5. The lowest BCUT2D eigenvalue weighted by Gasteiger charge is -2.16. The summed E-state index contributed by atoms with van der Waals surface area (Å²) in [5.74, 6) is 0. The molecule has 1 aromatic rings. The first-order valence-corrected chi connectivity index (χ1v) is 7.37. The van der Waals surface area contributed by atoms with Crippen LogP contribution in [-0.4, -0.2) is 24.9 Å². The van der Waals surface area contributed by atoms with Crippen LogP contribution in [-0.2, 0) is 10.0 Å². The Bertz CT molecular complexity index is 486. The van der Waals surface area contributed by atoms with Crippen LogP contribution in [0.15, 0.2) is 24.3 Å². The molecule has 0 amide bonds. The van der Waals surface area contributed by atoms with Crippen molar-refractivity contribution in [1.29, 1.82) is 0 Å². The summed E-state index contributed by atoms with van der Waals surface area (Å²) in [5.41, 5.74) is 0.466. The first kappa shape index (κ1) is 12.7. The molecule has 0 spiro atoms. The molecule has 6 heteroatoms. The maximum absolute atomic E-state index is 12.0. The van der Waals surface area contributed by atoms with Crippen LogP contribution < -0.4 is 4.72 Å². The SMILES string of the molecule is O=S(=O)(Nc1ccc(Cl)cc1)[C@@H]1CCC[C@@H]1O. The molecule has 0 bridgehead atoms. The minimum atomic E-state index is -3.52. The molecule has 2 rings (SSSR count). The van der Waals surface area contributed by atoms with Crippen LogP contribution in [0.2, 0.25) is 5.02 Å². The molecule has 0 aliphatic heterocycles. The van der Waals surface area contributed by atoms with Gasteiger partial charge in [0, 0.05) is 10.7 Å². The summed E-state index contributed by atoms with van der Waals surface area (Å²) in [6.07, 6.45) is 1.03. The second kappa shape index (κ2) is 4.84. The molecule has 0 unspecified atom stereocenters. The summed E-state index contributed by atoms with van der Waals surface area (Å²) >= 11 is 5.72. The molecule has 94 valence electrons. The van der Waals surface area contributed by atoms with Crippen molar-refractivity contribution in [2.24, 2.45) is 0 Å². The zero-order valence-electron chi connectivity index (χ0n) is 9.14. The van der Waals surface area contributed by atoms with Crippen molar-refractivity contribution >= 4 is 27.3 Å². The minimum Gasteiger partial charge on any atom is -0.392 e. The number of hydrogen-bond donors (Lipinski definition) is 2. The van der Waals surface area contributed by atoms with Gasteiger partial charge in [-0.2, -0.15) is 0 Å². The Hall–Kier alpha value is -0.780. The normalized spacial score (nSPS) is 24.8. The van der Waals surface area contributed by atoms with Crippen LogP contribution >= 0.6 is 11.6 Å². The van der Waals surface area contributed by atoms with Gasteiger partial charge in [-0.3, -0.25) is 4.72 Å². The van der Waals surface area contributed by atoms with E-state index in [-0.39, 0.29) is 0 Å².